The van der Waals surface area contributed by atoms with Crippen LogP contribution in [0.1, 0.15) is 21.5 Å². The number of hydrogen-bond donors (Lipinski definition) is 0. The van der Waals surface area contributed by atoms with Crippen molar-refractivity contribution in [2.24, 2.45) is 0 Å². The van der Waals surface area contributed by atoms with Crippen molar-refractivity contribution in [3.05, 3.63) is 88.4 Å². The smallest absolute Gasteiger partial charge is 0.264 e. The molecule has 0 unspecified atom stereocenters. The Hall–Kier alpha value is -3.03. The first-order chi connectivity index (χ1) is 15.3. The highest BCUT2D eigenvalue weighted by Gasteiger charge is 2.32. The third-order valence-corrected chi connectivity index (χ3v) is 7.72. The number of benzene rings is 3. The Morgan fingerprint density at radius 1 is 1.09 bits per heavy atom. The minimum atomic E-state index is -3.84. The van der Waals surface area contributed by atoms with E-state index in [1.165, 1.54) is 34.5 Å². The molecule has 0 aromatic heterocycles. The zero-order valence-electron chi connectivity index (χ0n) is 17.8. The second kappa shape index (κ2) is 8.84. The quantitative estimate of drug-likeness (QED) is 0.536. The molecule has 1 heterocycles. The molecule has 0 N–H and O–H groups in total. The van der Waals surface area contributed by atoms with Crippen molar-refractivity contribution in [1.82, 2.24) is 4.90 Å². The summed E-state index contributed by atoms with van der Waals surface area (Å²) in [6.07, 6.45) is 0.651. The van der Waals surface area contributed by atoms with Gasteiger partial charge in [-0.05, 0) is 47.9 Å². The van der Waals surface area contributed by atoms with Gasteiger partial charge in [-0.1, -0.05) is 48.0 Å². The number of fused-ring (bicyclic) bond motifs is 1. The lowest BCUT2D eigenvalue weighted by Gasteiger charge is -2.22. The number of carbonyl (C=O) groups excluding carboxylic acids is 1. The number of anilines is 1. The number of nitrogens with zero attached hydrogens (tertiary/aromatic N) is 2. The minimum absolute atomic E-state index is 0.0458. The molecule has 32 heavy (non-hydrogen) atoms. The van der Waals surface area contributed by atoms with Crippen LogP contribution in [0.2, 0.25) is 5.02 Å². The molecule has 4 rings (SSSR count). The number of halogens is 1. The van der Waals surface area contributed by atoms with Gasteiger partial charge in [0, 0.05) is 25.2 Å². The largest absolute Gasteiger partial charge is 0.496 e. The van der Waals surface area contributed by atoms with Crippen LogP contribution in [-0.4, -0.2) is 39.9 Å². The van der Waals surface area contributed by atoms with Gasteiger partial charge < -0.3 is 9.64 Å². The van der Waals surface area contributed by atoms with Gasteiger partial charge in [0.15, 0.2) is 0 Å². The summed E-state index contributed by atoms with van der Waals surface area (Å²) in [6, 6.07) is 19.1. The lowest BCUT2D eigenvalue weighted by atomic mass is 10.1. The summed E-state index contributed by atoms with van der Waals surface area (Å²) in [4.78, 5) is 14.8. The molecule has 0 aliphatic carbocycles. The van der Waals surface area contributed by atoms with Crippen LogP contribution in [0.5, 0.6) is 5.75 Å². The van der Waals surface area contributed by atoms with Crippen molar-refractivity contribution in [2.75, 3.05) is 25.0 Å². The highest BCUT2D eigenvalue weighted by Crippen LogP contribution is 2.34. The summed E-state index contributed by atoms with van der Waals surface area (Å²) >= 11 is 6.23. The van der Waals surface area contributed by atoms with Crippen LogP contribution in [-0.2, 0) is 23.0 Å². The van der Waals surface area contributed by atoms with Crippen LogP contribution >= 0.6 is 11.6 Å². The third-order valence-electron chi connectivity index (χ3n) is 5.55. The summed E-state index contributed by atoms with van der Waals surface area (Å²) in [5.41, 5.74) is 2.63. The van der Waals surface area contributed by atoms with Crippen molar-refractivity contribution in [2.45, 2.75) is 17.9 Å². The van der Waals surface area contributed by atoms with Crippen molar-refractivity contribution >= 4 is 33.2 Å². The van der Waals surface area contributed by atoms with Crippen molar-refractivity contribution < 1.29 is 17.9 Å². The van der Waals surface area contributed by atoms with E-state index in [2.05, 4.69) is 0 Å². The molecular weight excluding hydrogens is 448 g/mol. The van der Waals surface area contributed by atoms with Gasteiger partial charge in [-0.15, -0.1) is 0 Å². The fraction of sp³-hybridized carbons (Fsp3) is 0.208. The minimum Gasteiger partial charge on any atom is -0.496 e. The van der Waals surface area contributed by atoms with Gasteiger partial charge >= 0.3 is 0 Å². The van der Waals surface area contributed by atoms with E-state index >= 15 is 0 Å². The zero-order chi connectivity index (χ0) is 22.9. The van der Waals surface area contributed by atoms with E-state index in [-0.39, 0.29) is 22.9 Å². The summed E-state index contributed by atoms with van der Waals surface area (Å²) in [7, 11) is -0.747. The number of carbonyl (C=O) groups is 1. The van der Waals surface area contributed by atoms with E-state index in [0.29, 0.717) is 29.4 Å². The molecule has 1 aliphatic rings. The van der Waals surface area contributed by atoms with Crippen molar-refractivity contribution in [1.29, 1.82) is 0 Å². The molecule has 0 saturated carbocycles. The van der Waals surface area contributed by atoms with Crippen LogP contribution in [0.3, 0.4) is 0 Å². The number of ether oxygens (including phenoxy) is 1. The van der Waals surface area contributed by atoms with Crippen LogP contribution in [0.25, 0.3) is 0 Å². The van der Waals surface area contributed by atoms with E-state index < -0.39 is 10.0 Å². The van der Waals surface area contributed by atoms with Crippen molar-refractivity contribution in [3.8, 4) is 5.75 Å². The monoisotopic (exact) mass is 470 g/mol. The van der Waals surface area contributed by atoms with Gasteiger partial charge in [-0.25, -0.2) is 8.42 Å². The number of hydrogen-bond acceptors (Lipinski definition) is 4. The zero-order valence-corrected chi connectivity index (χ0v) is 19.4. The fourth-order valence-corrected chi connectivity index (χ4v) is 5.58. The van der Waals surface area contributed by atoms with E-state index in [9.17, 15) is 13.2 Å². The maximum Gasteiger partial charge on any atom is 0.264 e. The van der Waals surface area contributed by atoms with Gasteiger partial charge in [-0.3, -0.25) is 9.10 Å². The van der Waals surface area contributed by atoms with Crippen molar-refractivity contribution in [3.63, 3.8) is 0 Å². The Morgan fingerprint density at radius 2 is 1.81 bits per heavy atom. The van der Waals surface area contributed by atoms with Crippen LogP contribution in [0.15, 0.2) is 71.6 Å². The molecule has 0 spiro atoms. The van der Waals surface area contributed by atoms with E-state index in [4.69, 9.17) is 16.3 Å². The topological polar surface area (TPSA) is 66.9 Å². The average molecular weight is 471 g/mol. The Morgan fingerprint density at radius 3 is 2.56 bits per heavy atom. The maximum atomic E-state index is 13.4. The van der Waals surface area contributed by atoms with Gasteiger partial charge in [0.2, 0.25) is 0 Å². The molecule has 0 fully saturated rings. The average Bonchev–Trinajstić information content (AvgIpc) is 3.24. The lowest BCUT2D eigenvalue weighted by molar-refractivity contribution is 0.0781. The molecule has 0 atom stereocenters. The Bertz CT molecular complexity index is 1280. The van der Waals surface area contributed by atoms with Crippen LogP contribution in [0.4, 0.5) is 5.69 Å². The summed E-state index contributed by atoms with van der Waals surface area (Å²) in [5, 5.41) is 0.558. The number of methoxy groups -OCH3 is 1. The summed E-state index contributed by atoms with van der Waals surface area (Å²) < 4.78 is 33.6. The first-order valence-electron chi connectivity index (χ1n) is 10.1. The lowest BCUT2D eigenvalue weighted by Crippen LogP contribution is -2.30. The number of sulfonamides is 1. The third kappa shape index (κ3) is 4.06. The molecule has 166 valence electrons. The molecule has 3 aromatic carbocycles. The standard InChI is InChI=1S/C24H23ClN2O4S/c1-26(16-18-8-3-5-9-21(18)25)24(28)20-15-19(11-12-23(20)31-2)32(29,30)27-14-13-17-7-4-6-10-22(17)27/h3-12,15H,13-14,16H2,1-2H3. The number of para-hydroxylation sites is 1. The maximum absolute atomic E-state index is 13.4. The highest BCUT2D eigenvalue weighted by molar-refractivity contribution is 7.92. The predicted octanol–water partition coefficient (Wildman–Crippen LogP) is 4.37. The number of amides is 1. The SMILES string of the molecule is COc1ccc(S(=O)(=O)N2CCc3ccccc32)cc1C(=O)N(C)Cc1ccccc1Cl. The molecule has 6 nitrogen and oxygen atoms in total. The Kier molecular flexibility index (Phi) is 6.13. The molecule has 3 aromatic rings. The molecule has 1 amide bonds. The van der Waals surface area contributed by atoms with E-state index in [0.717, 1.165) is 11.1 Å². The normalized spacial score (nSPS) is 13.0. The molecule has 0 radical (unpaired) electrons. The number of rotatable bonds is 6. The Balaban J connectivity index is 1.67. The first-order valence-corrected chi connectivity index (χ1v) is 11.9. The second-order valence-corrected chi connectivity index (χ2v) is 9.84. The van der Waals surface area contributed by atoms with Gasteiger partial charge in [-0.2, -0.15) is 0 Å². The predicted molar refractivity (Wildman–Crippen MR) is 125 cm³/mol. The summed E-state index contributed by atoms with van der Waals surface area (Å²) in [6.45, 7) is 0.640. The molecule has 8 heteroatoms. The van der Waals surface area contributed by atoms with Gasteiger partial charge in [0.25, 0.3) is 15.9 Å². The van der Waals surface area contributed by atoms with Gasteiger partial charge in [0.05, 0.1) is 23.3 Å². The van der Waals surface area contributed by atoms with E-state index in [1.54, 1.807) is 19.2 Å². The fourth-order valence-electron chi connectivity index (χ4n) is 3.86. The van der Waals surface area contributed by atoms with E-state index in [1.807, 2.05) is 36.4 Å². The highest BCUT2D eigenvalue weighted by atomic mass is 35.5. The Labute approximate surface area is 193 Å². The second-order valence-electron chi connectivity index (χ2n) is 7.57. The van der Waals surface area contributed by atoms with Crippen LogP contribution in [0, 0.1) is 0 Å². The molecule has 0 bridgehead atoms. The first kappa shape index (κ1) is 22.2. The van der Waals surface area contributed by atoms with Gasteiger partial charge in [0.1, 0.15) is 5.75 Å². The van der Waals surface area contributed by atoms with Crippen LogP contribution < -0.4 is 9.04 Å². The molecule has 1 aliphatic heterocycles. The molecular formula is C24H23ClN2O4S. The molecule has 0 saturated heterocycles. The summed E-state index contributed by atoms with van der Waals surface area (Å²) in [5.74, 6) is -0.0533.